The number of halogens is 1. The molecule has 0 aromatic carbocycles. The first-order valence-electron chi connectivity index (χ1n) is 2.10. The van der Waals surface area contributed by atoms with Crippen molar-refractivity contribution in [1.82, 2.24) is 4.90 Å². The van der Waals surface area contributed by atoms with Gasteiger partial charge in [-0.05, 0) is 0 Å². The van der Waals surface area contributed by atoms with Crippen LogP contribution >= 0.6 is 0 Å². The molecular formula is C5H7FN2. The molecule has 0 aromatic rings. The normalized spacial score (nSPS) is 10.5. The van der Waals surface area contributed by atoms with E-state index in [4.69, 9.17) is 5.26 Å². The molecule has 0 aliphatic carbocycles. The third kappa shape index (κ3) is 3.16. The van der Waals surface area contributed by atoms with Crippen molar-refractivity contribution in [3.63, 3.8) is 0 Å². The highest BCUT2D eigenvalue weighted by Gasteiger charge is 1.87. The zero-order valence-electron chi connectivity index (χ0n) is 4.85. The molecule has 0 spiro atoms. The van der Waals surface area contributed by atoms with Gasteiger partial charge >= 0.3 is 0 Å². The van der Waals surface area contributed by atoms with E-state index in [1.54, 1.807) is 14.1 Å². The average Bonchev–Trinajstić information content (AvgIpc) is 1.65. The van der Waals surface area contributed by atoms with E-state index >= 15 is 0 Å². The van der Waals surface area contributed by atoms with Crippen molar-refractivity contribution in [1.29, 1.82) is 5.26 Å². The van der Waals surface area contributed by atoms with Crippen LogP contribution in [0.4, 0.5) is 4.39 Å². The Morgan fingerprint density at radius 1 is 1.75 bits per heavy atom. The Morgan fingerprint density at radius 3 is 2.38 bits per heavy atom. The molecule has 0 fully saturated rings. The number of rotatable bonds is 1. The maximum Gasteiger partial charge on any atom is 0.215 e. The molecule has 0 bridgehead atoms. The topological polar surface area (TPSA) is 27.0 Å². The van der Waals surface area contributed by atoms with E-state index in [2.05, 4.69) is 0 Å². The first-order valence-corrected chi connectivity index (χ1v) is 2.10. The van der Waals surface area contributed by atoms with Gasteiger partial charge < -0.3 is 4.90 Å². The third-order valence-corrected chi connectivity index (χ3v) is 0.478. The summed E-state index contributed by atoms with van der Waals surface area (Å²) in [5, 5.41) is 7.86. The van der Waals surface area contributed by atoms with Crippen molar-refractivity contribution in [2.24, 2.45) is 0 Å². The van der Waals surface area contributed by atoms with E-state index in [-0.39, 0.29) is 0 Å². The lowest BCUT2D eigenvalue weighted by atomic mass is 10.6. The summed E-state index contributed by atoms with van der Waals surface area (Å²) in [6.07, 6.45) is 1.11. The Labute approximate surface area is 47.8 Å². The summed E-state index contributed by atoms with van der Waals surface area (Å²) in [6.45, 7) is 0. The molecular weight excluding hydrogens is 107 g/mol. The number of allylic oxidation sites excluding steroid dienone is 1. The minimum Gasteiger partial charge on any atom is -0.381 e. The van der Waals surface area contributed by atoms with Gasteiger partial charge in [0, 0.05) is 20.3 Å². The summed E-state index contributed by atoms with van der Waals surface area (Å²) in [4.78, 5) is 1.47. The maximum atomic E-state index is 11.8. The van der Waals surface area contributed by atoms with Gasteiger partial charge in [0.05, 0.1) is 0 Å². The predicted molar refractivity (Wildman–Crippen MR) is 28.5 cm³/mol. The van der Waals surface area contributed by atoms with Crippen molar-refractivity contribution in [3.05, 3.63) is 12.0 Å². The van der Waals surface area contributed by atoms with Crippen molar-refractivity contribution in [2.45, 2.75) is 0 Å². The van der Waals surface area contributed by atoms with Gasteiger partial charge in [-0.3, -0.25) is 0 Å². The van der Waals surface area contributed by atoms with Gasteiger partial charge in [-0.25, -0.2) is 0 Å². The summed E-state index contributed by atoms with van der Waals surface area (Å²) in [5.41, 5.74) is 0. The molecule has 0 atom stereocenters. The van der Waals surface area contributed by atoms with Crippen molar-refractivity contribution >= 4 is 0 Å². The molecule has 0 saturated heterocycles. The highest BCUT2D eigenvalue weighted by molar-refractivity contribution is 5.10. The first-order chi connectivity index (χ1) is 3.66. The van der Waals surface area contributed by atoms with Crippen LogP contribution < -0.4 is 0 Å². The number of hydrogen-bond acceptors (Lipinski definition) is 2. The van der Waals surface area contributed by atoms with Crippen LogP contribution in [0.5, 0.6) is 0 Å². The molecule has 0 aliphatic heterocycles. The second-order valence-electron chi connectivity index (χ2n) is 1.55. The van der Waals surface area contributed by atoms with Crippen LogP contribution in [0, 0.1) is 11.3 Å². The van der Waals surface area contributed by atoms with Gasteiger partial charge in [0.1, 0.15) is 6.07 Å². The molecule has 0 amide bonds. The fourth-order valence-electron chi connectivity index (χ4n) is 0.256. The van der Waals surface area contributed by atoms with Gasteiger partial charge in [0.25, 0.3) is 0 Å². The Morgan fingerprint density at radius 2 is 2.25 bits per heavy atom. The van der Waals surface area contributed by atoms with E-state index in [1.165, 1.54) is 11.0 Å². The number of hydrogen-bond donors (Lipinski definition) is 0. The highest BCUT2D eigenvalue weighted by atomic mass is 19.1. The fraction of sp³-hybridized carbons (Fsp3) is 0.400. The number of nitrogens with zero attached hydrogens (tertiary/aromatic N) is 2. The standard InChI is InChI=1S/C5H7FN2/c1-8(2)4-5(6)3-7/h4H,1-2H3/b5-4-. The van der Waals surface area contributed by atoms with Crippen LogP contribution in [0.25, 0.3) is 0 Å². The van der Waals surface area contributed by atoms with Crippen molar-refractivity contribution in [2.75, 3.05) is 14.1 Å². The maximum absolute atomic E-state index is 11.8. The van der Waals surface area contributed by atoms with Crippen LogP contribution in [0.2, 0.25) is 0 Å². The second-order valence-corrected chi connectivity index (χ2v) is 1.55. The molecule has 0 saturated carbocycles. The van der Waals surface area contributed by atoms with E-state index in [0.29, 0.717) is 0 Å². The smallest absolute Gasteiger partial charge is 0.215 e. The SMILES string of the molecule is CN(C)/C=C(\F)C#N. The Kier molecular flexibility index (Phi) is 2.63. The van der Waals surface area contributed by atoms with Crippen LogP contribution in [0.15, 0.2) is 12.0 Å². The molecule has 44 valence electrons. The average molecular weight is 114 g/mol. The summed E-state index contributed by atoms with van der Waals surface area (Å²) in [7, 11) is 3.30. The van der Waals surface area contributed by atoms with Crippen LogP contribution in [-0.2, 0) is 0 Å². The lowest BCUT2D eigenvalue weighted by Gasteiger charge is -2.00. The largest absolute Gasteiger partial charge is 0.381 e. The monoisotopic (exact) mass is 114 g/mol. The summed E-state index contributed by atoms with van der Waals surface area (Å²) < 4.78 is 11.8. The van der Waals surface area contributed by atoms with Crippen LogP contribution in [0.1, 0.15) is 0 Å². The van der Waals surface area contributed by atoms with Gasteiger partial charge in [0.15, 0.2) is 0 Å². The summed E-state index contributed by atoms with van der Waals surface area (Å²) in [6, 6.07) is 1.35. The summed E-state index contributed by atoms with van der Waals surface area (Å²) >= 11 is 0. The zero-order chi connectivity index (χ0) is 6.57. The molecule has 8 heavy (non-hydrogen) atoms. The van der Waals surface area contributed by atoms with Crippen LogP contribution in [0.3, 0.4) is 0 Å². The molecule has 0 aliphatic rings. The quantitative estimate of drug-likeness (QED) is 0.473. The highest BCUT2D eigenvalue weighted by Crippen LogP contribution is 1.92. The van der Waals surface area contributed by atoms with Gasteiger partial charge in [0.2, 0.25) is 5.83 Å². The van der Waals surface area contributed by atoms with Crippen molar-refractivity contribution in [3.8, 4) is 6.07 Å². The molecule has 0 radical (unpaired) electrons. The number of nitriles is 1. The Hall–Kier alpha value is -1.04. The molecule has 0 unspecified atom stereocenters. The van der Waals surface area contributed by atoms with Crippen LogP contribution in [-0.4, -0.2) is 19.0 Å². The molecule has 0 rings (SSSR count). The van der Waals surface area contributed by atoms with Gasteiger partial charge in [-0.2, -0.15) is 9.65 Å². The zero-order valence-corrected chi connectivity index (χ0v) is 4.85. The van der Waals surface area contributed by atoms with E-state index in [9.17, 15) is 4.39 Å². The lowest BCUT2D eigenvalue weighted by Crippen LogP contribution is -2.00. The second kappa shape index (κ2) is 3.03. The van der Waals surface area contributed by atoms with Gasteiger partial charge in [-0.15, -0.1) is 0 Å². The molecule has 3 heteroatoms. The minimum atomic E-state index is -0.769. The predicted octanol–water partition coefficient (Wildman–Crippen LogP) is 0.882. The third-order valence-electron chi connectivity index (χ3n) is 0.478. The van der Waals surface area contributed by atoms with E-state index in [1.807, 2.05) is 0 Å². The van der Waals surface area contributed by atoms with E-state index < -0.39 is 5.83 Å². The van der Waals surface area contributed by atoms with Crippen molar-refractivity contribution < 1.29 is 4.39 Å². The summed E-state index contributed by atoms with van der Waals surface area (Å²) in [5.74, 6) is -0.769. The molecule has 0 heterocycles. The van der Waals surface area contributed by atoms with E-state index in [0.717, 1.165) is 6.20 Å². The Bertz CT molecular complexity index is 132. The molecule has 2 nitrogen and oxygen atoms in total. The fourth-order valence-corrected chi connectivity index (χ4v) is 0.256. The lowest BCUT2D eigenvalue weighted by molar-refractivity contribution is 0.531. The minimum absolute atomic E-state index is 0.769. The Balaban J connectivity index is 3.80. The molecule has 0 N–H and O–H groups in total. The first kappa shape index (κ1) is 6.96. The van der Waals surface area contributed by atoms with Gasteiger partial charge in [-0.1, -0.05) is 0 Å². The molecule has 0 aromatic heterocycles.